The molecule has 0 saturated heterocycles. The number of hydrogen-bond acceptors (Lipinski definition) is 1. The van der Waals surface area contributed by atoms with Crippen LogP contribution in [-0.4, -0.2) is 4.98 Å². The molecule has 1 aromatic heterocycles. The van der Waals surface area contributed by atoms with Crippen LogP contribution >= 0.6 is 0 Å². The molecule has 1 aromatic carbocycles. The Morgan fingerprint density at radius 1 is 0.773 bits per heavy atom. The molecule has 120 valence electrons. The summed E-state index contributed by atoms with van der Waals surface area (Å²) in [7, 11) is 0. The molecule has 1 nitrogen and oxygen atoms in total. The van der Waals surface area contributed by atoms with Crippen molar-refractivity contribution < 1.29 is 0 Å². The van der Waals surface area contributed by atoms with Gasteiger partial charge in [-0.15, -0.1) is 0 Å². The summed E-state index contributed by atoms with van der Waals surface area (Å²) >= 11 is 0. The lowest BCUT2D eigenvalue weighted by molar-refractivity contribution is 0.886. The van der Waals surface area contributed by atoms with E-state index in [0.29, 0.717) is 0 Å². The number of unbranched alkanes of at least 4 members (excludes halogenated alkanes) is 1. The highest BCUT2D eigenvalue weighted by molar-refractivity contribution is 5.64. The lowest BCUT2D eigenvalue weighted by atomic mass is 9.96. The van der Waals surface area contributed by atoms with Gasteiger partial charge in [0.15, 0.2) is 0 Å². The summed E-state index contributed by atoms with van der Waals surface area (Å²) in [5, 5.41) is 0. The quantitative estimate of drug-likeness (QED) is 0.624. The van der Waals surface area contributed by atoms with Crippen molar-refractivity contribution in [2.24, 2.45) is 0 Å². The second-order valence-electron chi connectivity index (χ2n) is 5.78. The average Bonchev–Trinajstić information content (AvgIpc) is 2.56. The third-order valence-corrected chi connectivity index (χ3v) is 3.85. The minimum atomic E-state index is 1.07. The van der Waals surface area contributed by atoms with E-state index in [2.05, 4.69) is 63.0 Å². The highest BCUT2D eigenvalue weighted by Crippen LogP contribution is 2.23. The van der Waals surface area contributed by atoms with Crippen LogP contribution in [0.1, 0.15) is 63.8 Å². The van der Waals surface area contributed by atoms with Crippen LogP contribution in [0.5, 0.6) is 0 Å². The zero-order valence-electron chi connectivity index (χ0n) is 14.9. The third kappa shape index (κ3) is 5.63. The molecule has 0 bridgehead atoms. The maximum absolute atomic E-state index is 4.37. The van der Waals surface area contributed by atoms with Crippen LogP contribution in [0, 0.1) is 6.92 Å². The average molecular weight is 297 g/mol. The molecule has 1 heteroatoms. The molecule has 22 heavy (non-hydrogen) atoms. The molecule has 0 radical (unpaired) electrons. The molecule has 0 amide bonds. The molecule has 0 fully saturated rings. The van der Waals surface area contributed by atoms with Gasteiger partial charge in [-0.1, -0.05) is 71.2 Å². The fourth-order valence-electron chi connectivity index (χ4n) is 2.29. The number of hydrogen-bond donors (Lipinski definition) is 0. The number of rotatable bonds is 5. The van der Waals surface area contributed by atoms with Crippen LogP contribution in [0.15, 0.2) is 36.5 Å². The first-order chi connectivity index (χ1) is 10.7. The number of aryl methyl sites for hydroxylation is 3. The lowest BCUT2D eigenvalue weighted by Crippen LogP contribution is -1.93. The summed E-state index contributed by atoms with van der Waals surface area (Å²) in [4.78, 5) is 4.37. The second-order valence-corrected chi connectivity index (χ2v) is 5.78. The predicted molar refractivity (Wildman–Crippen MR) is 98.4 cm³/mol. The SMILES string of the molecule is CCCC.CCCc1ccc(-c2ccc(C)nc2)cc1CC. The first kappa shape index (κ1) is 18.4. The van der Waals surface area contributed by atoms with E-state index in [0.717, 1.165) is 12.1 Å². The van der Waals surface area contributed by atoms with Crippen molar-refractivity contribution in [3.8, 4) is 11.1 Å². The van der Waals surface area contributed by atoms with Crippen LogP contribution in [0.2, 0.25) is 0 Å². The Kier molecular flexibility index (Phi) is 8.50. The number of aromatic nitrogens is 1. The first-order valence-corrected chi connectivity index (χ1v) is 8.70. The van der Waals surface area contributed by atoms with E-state index in [1.54, 1.807) is 0 Å². The minimum Gasteiger partial charge on any atom is -0.261 e. The summed E-state index contributed by atoms with van der Waals surface area (Å²) in [5.74, 6) is 0. The zero-order valence-corrected chi connectivity index (χ0v) is 14.9. The molecule has 0 unspecified atom stereocenters. The maximum atomic E-state index is 4.37. The van der Waals surface area contributed by atoms with E-state index in [1.165, 1.54) is 47.9 Å². The van der Waals surface area contributed by atoms with Crippen molar-refractivity contribution in [2.75, 3.05) is 0 Å². The van der Waals surface area contributed by atoms with Gasteiger partial charge in [-0.25, -0.2) is 0 Å². The highest BCUT2D eigenvalue weighted by atomic mass is 14.7. The predicted octanol–water partition coefficient (Wildman–Crippen LogP) is 6.38. The molecular formula is C21H31N. The smallest absolute Gasteiger partial charge is 0.0373 e. The van der Waals surface area contributed by atoms with Gasteiger partial charge in [0.1, 0.15) is 0 Å². The summed E-state index contributed by atoms with van der Waals surface area (Å²) in [6.45, 7) is 10.8. The van der Waals surface area contributed by atoms with E-state index in [9.17, 15) is 0 Å². The van der Waals surface area contributed by atoms with Gasteiger partial charge in [0, 0.05) is 17.5 Å². The summed E-state index contributed by atoms with van der Waals surface area (Å²) in [5.41, 5.74) is 6.51. The molecule has 0 aliphatic heterocycles. The topological polar surface area (TPSA) is 12.9 Å². The number of benzene rings is 1. The van der Waals surface area contributed by atoms with E-state index in [1.807, 2.05) is 13.1 Å². The summed E-state index contributed by atoms with van der Waals surface area (Å²) in [6, 6.07) is 11.0. The Hall–Kier alpha value is -1.63. The number of nitrogens with zero attached hydrogens (tertiary/aromatic N) is 1. The van der Waals surface area contributed by atoms with E-state index < -0.39 is 0 Å². The van der Waals surface area contributed by atoms with Crippen molar-refractivity contribution >= 4 is 0 Å². The Morgan fingerprint density at radius 3 is 1.95 bits per heavy atom. The maximum Gasteiger partial charge on any atom is 0.0373 e. The monoisotopic (exact) mass is 297 g/mol. The highest BCUT2D eigenvalue weighted by Gasteiger charge is 2.04. The van der Waals surface area contributed by atoms with Crippen molar-refractivity contribution in [1.82, 2.24) is 4.98 Å². The van der Waals surface area contributed by atoms with Crippen LogP contribution in [0.25, 0.3) is 11.1 Å². The largest absolute Gasteiger partial charge is 0.261 e. The van der Waals surface area contributed by atoms with Gasteiger partial charge in [-0.2, -0.15) is 0 Å². The minimum absolute atomic E-state index is 1.07. The molecule has 1 heterocycles. The van der Waals surface area contributed by atoms with Gasteiger partial charge in [-0.05, 0) is 42.5 Å². The van der Waals surface area contributed by atoms with E-state index in [-0.39, 0.29) is 0 Å². The summed E-state index contributed by atoms with van der Waals surface area (Å²) in [6.07, 6.45) is 8.08. The Morgan fingerprint density at radius 2 is 1.45 bits per heavy atom. The second kappa shape index (κ2) is 10.2. The van der Waals surface area contributed by atoms with Gasteiger partial charge in [-0.3, -0.25) is 4.98 Å². The van der Waals surface area contributed by atoms with Gasteiger partial charge in [0.25, 0.3) is 0 Å². The lowest BCUT2D eigenvalue weighted by Gasteiger charge is -2.10. The van der Waals surface area contributed by atoms with Gasteiger partial charge in [0.05, 0.1) is 0 Å². The van der Waals surface area contributed by atoms with E-state index in [4.69, 9.17) is 0 Å². The molecule has 0 spiro atoms. The third-order valence-electron chi connectivity index (χ3n) is 3.85. The van der Waals surface area contributed by atoms with Crippen molar-refractivity contribution in [2.45, 2.75) is 66.7 Å². The fourth-order valence-corrected chi connectivity index (χ4v) is 2.29. The van der Waals surface area contributed by atoms with Crippen molar-refractivity contribution in [3.63, 3.8) is 0 Å². The first-order valence-electron chi connectivity index (χ1n) is 8.70. The number of pyridine rings is 1. The van der Waals surface area contributed by atoms with Crippen molar-refractivity contribution in [1.29, 1.82) is 0 Å². The Labute approximate surface area is 136 Å². The standard InChI is InChI=1S/C17H21N.C4H10/c1-4-6-15-9-10-16(11-14(15)5-2)17-8-7-13(3)18-12-17;1-3-4-2/h7-12H,4-6H2,1-3H3;3-4H2,1-2H3. The molecular weight excluding hydrogens is 266 g/mol. The van der Waals surface area contributed by atoms with Crippen LogP contribution in [0.3, 0.4) is 0 Å². The fraction of sp³-hybridized carbons (Fsp3) is 0.476. The summed E-state index contributed by atoms with van der Waals surface area (Å²) < 4.78 is 0. The molecule has 0 N–H and O–H groups in total. The van der Waals surface area contributed by atoms with Gasteiger partial charge < -0.3 is 0 Å². The van der Waals surface area contributed by atoms with Crippen LogP contribution in [-0.2, 0) is 12.8 Å². The van der Waals surface area contributed by atoms with E-state index >= 15 is 0 Å². The Balaban J connectivity index is 0.000000541. The molecule has 2 aromatic rings. The van der Waals surface area contributed by atoms with Crippen molar-refractivity contribution in [3.05, 3.63) is 53.3 Å². The van der Waals surface area contributed by atoms with Gasteiger partial charge in [0.2, 0.25) is 0 Å². The van der Waals surface area contributed by atoms with Crippen LogP contribution in [0.4, 0.5) is 0 Å². The molecule has 0 saturated carbocycles. The van der Waals surface area contributed by atoms with Crippen LogP contribution < -0.4 is 0 Å². The van der Waals surface area contributed by atoms with Gasteiger partial charge >= 0.3 is 0 Å². The normalized spacial score (nSPS) is 10.0. The Bertz CT molecular complexity index is 538. The zero-order chi connectivity index (χ0) is 16.4. The molecule has 0 aliphatic rings. The molecule has 2 rings (SSSR count). The molecule has 0 atom stereocenters. The molecule has 0 aliphatic carbocycles.